The van der Waals surface area contributed by atoms with Gasteiger partial charge < -0.3 is 19.5 Å². The molecule has 1 amide bonds. The number of amides is 1. The van der Waals surface area contributed by atoms with Crippen molar-refractivity contribution in [3.63, 3.8) is 0 Å². The van der Waals surface area contributed by atoms with Gasteiger partial charge in [-0.15, -0.1) is 0 Å². The van der Waals surface area contributed by atoms with Gasteiger partial charge in [0.25, 0.3) is 5.91 Å². The Morgan fingerprint density at radius 2 is 2.30 bits per heavy atom. The number of aliphatic carboxylic acids is 1. The van der Waals surface area contributed by atoms with Gasteiger partial charge in [-0.2, -0.15) is 0 Å². The second-order valence-electron chi connectivity index (χ2n) is 5.72. The highest BCUT2D eigenvalue weighted by molar-refractivity contribution is 5.94. The van der Waals surface area contributed by atoms with Gasteiger partial charge in [0.15, 0.2) is 0 Å². The molecule has 7 heteroatoms. The molecule has 0 aromatic carbocycles. The quantitative estimate of drug-likeness (QED) is 0.820. The number of carbonyl (C=O) groups excluding carboxylic acids is 1. The number of hydrogen-bond donors (Lipinski definition) is 1. The lowest BCUT2D eigenvalue weighted by molar-refractivity contribution is -0.137. The summed E-state index contributed by atoms with van der Waals surface area (Å²) in [5, 5.41) is 8.82. The van der Waals surface area contributed by atoms with Crippen LogP contribution in [0.15, 0.2) is 18.3 Å². The van der Waals surface area contributed by atoms with Crippen LogP contribution in [0.1, 0.15) is 37.0 Å². The Hall–Kier alpha value is -2.15. The topological polar surface area (TPSA) is 89.0 Å². The summed E-state index contributed by atoms with van der Waals surface area (Å²) >= 11 is 0. The van der Waals surface area contributed by atoms with Crippen LogP contribution in [-0.4, -0.2) is 58.8 Å². The summed E-state index contributed by atoms with van der Waals surface area (Å²) in [6.45, 7) is 5.07. The number of hydrogen-bond acceptors (Lipinski definition) is 5. The van der Waals surface area contributed by atoms with E-state index in [0.717, 1.165) is 6.42 Å². The van der Waals surface area contributed by atoms with Crippen molar-refractivity contribution in [2.24, 2.45) is 0 Å². The molecule has 1 N–H and O–H groups in total. The molecule has 2 rings (SSSR count). The maximum Gasteiger partial charge on any atom is 0.305 e. The molecular weight excluding hydrogens is 300 g/mol. The number of carboxylic acids is 1. The fourth-order valence-electron chi connectivity index (χ4n) is 2.36. The van der Waals surface area contributed by atoms with E-state index in [9.17, 15) is 9.59 Å². The van der Waals surface area contributed by atoms with Crippen molar-refractivity contribution in [1.82, 2.24) is 9.88 Å². The smallest absolute Gasteiger partial charge is 0.305 e. The Balaban J connectivity index is 2.08. The third-order valence-electron chi connectivity index (χ3n) is 3.61. The van der Waals surface area contributed by atoms with Gasteiger partial charge in [-0.1, -0.05) is 0 Å². The van der Waals surface area contributed by atoms with Crippen LogP contribution in [0.5, 0.6) is 5.88 Å². The van der Waals surface area contributed by atoms with E-state index in [4.69, 9.17) is 14.6 Å². The van der Waals surface area contributed by atoms with Crippen LogP contribution in [-0.2, 0) is 9.53 Å². The molecule has 1 unspecified atom stereocenters. The van der Waals surface area contributed by atoms with Gasteiger partial charge in [-0.25, -0.2) is 4.98 Å². The summed E-state index contributed by atoms with van der Waals surface area (Å²) in [7, 11) is 0. The van der Waals surface area contributed by atoms with Crippen LogP contribution >= 0.6 is 0 Å². The Kier molecular flexibility index (Phi) is 5.92. The van der Waals surface area contributed by atoms with Crippen LogP contribution in [0.2, 0.25) is 0 Å². The molecular formula is C16H22N2O5. The lowest BCUT2D eigenvalue weighted by Gasteiger charge is -2.26. The molecule has 1 saturated heterocycles. The Labute approximate surface area is 135 Å². The van der Waals surface area contributed by atoms with E-state index in [2.05, 4.69) is 4.98 Å². The Morgan fingerprint density at radius 3 is 2.91 bits per heavy atom. The molecule has 1 aliphatic rings. The molecule has 126 valence electrons. The van der Waals surface area contributed by atoms with Crippen molar-refractivity contribution in [1.29, 1.82) is 0 Å². The molecule has 2 heterocycles. The molecule has 0 spiro atoms. The van der Waals surface area contributed by atoms with E-state index in [-0.39, 0.29) is 31.0 Å². The van der Waals surface area contributed by atoms with Crippen molar-refractivity contribution < 1.29 is 24.2 Å². The van der Waals surface area contributed by atoms with E-state index < -0.39 is 5.97 Å². The molecule has 1 aromatic rings. The number of carboxylic acid groups (broad SMARTS) is 1. The summed E-state index contributed by atoms with van der Waals surface area (Å²) in [6, 6.07) is 3.11. The van der Waals surface area contributed by atoms with E-state index in [1.165, 1.54) is 11.1 Å². The van der Waals surface area contributed by atoms with E-state index in [1.54, 1.807) is 12.1 Å². The van der Waals surface area contributed by atoms with Crippen LogP contribution in [0.4, 0.5) is 0 Å². The number of aromatic nitrogens is 1. The lowest BCUT2D eigenvalue weighted by Crippen LogP contribution is -2.38. The van der Waals surface area contributed by atoms with Crippen molar-refractivity contribution >= 4 is 11.9 Å². The first-order chi connectivity index (χ1) is 11.0. The minimum atomic E-state index is -0.927. The van der Waals surface area contributed by atoms with Gasteiger partial charge >= 0.3 is 5.97 Å². The zero-order valence-electron chi connectivity index (χ0n) is 13.4. The predicted octanol–water partition coefficient (Wildman–Crippen LogP) is 1.57. The third-order valence-corrected chi connectivity index (χ3v) is 3.61. The lowest BCUT2D eigenvalue weighted by atomic mass is 10.2. The molecule has 0 saturated carbocycles. The zero-order valence-corrected chi connectivity index (χ0v) is 13.4. The Morgan fingerprint density at radius 1 is 1.52 bits per heavy atom. The van der Waals surface area contributed by atoms with E-state index in [1.807, 2.05) is 13.8 Å². The highest BCUT2D eigenvalue weighted by Gasteiger charge is 2.22. The van der Waals surface area contributed by atoms with Gasteiger partial charge in [0.1, 0.15) is 6.10 Å². The number of pyridine rings is 1. The van der Waals surface area contributed by atoms with Crippen LogP contribution in [0, 0.1) is 0 Å². The molecule has 1 fully saturated rings. The van der Waals surface area contributed by atoms with Gasteiger partial charge in [-0.05, 0) is 19.9 Å². The first-order valence-electron chi connectivity index (χ1n) is 7.70. The minimum absolute atomic E-state index is 0.0407. The SMILES string of the molecule is CC(C)N(CCC(=O)O)C(=O)c1ccnc(OC2CCOC2)c1. The highest BCUT2D eigenvalue weighted by Crippen LogP contribution is 2.17. The minimum Gasteiger partial charge on any atom is -0.481 e. The van der Waals surface area contributed by atoms with Gasteiger partial charge in [0, 0.05) is 36.8 Å². The number of ether oxygens (including phenoxy) is 2. The number of carbonyl (C=O) groups is 2. The first kappa shape index (κ1) is 17.2. The van der Waals surface area contributed by atoms with Crippen molar-refractivity contribution in [3.8, 4) is 5.88 Å². The molecule has 0 aliphatic carbocycles. The summed E-state index contributed by atoms with van der Waals surface area (Å²) in [6.07, 6.45) is 2.20. The van der Waals surface area contributed by atoms with Crippen LogP contribution in [0.3, 0.4) is 0 Å². The van der Waals surface area contributed by atoms with Crippen molar-refractivity contribution in [3.05, 3.63) is 23.9 Å². The maximum atomic E-state index is 12.6. The van der Waals surface area contributed by atoms with E-state index >= 15 is 0 Å². The third kappa shape index (κ3) is 4.92. The van der Waals surface area contributed by atoms with E-state index in [0.29, 0.717) is 24.7 Å². The summed E-state index contributed by atoms with van der Waals surface area (Å²) in [5.41, 5.74) is 0.438. The summed E-state index contributed by atoms with van der Waals surface area (Å²) in [4.78, 5) is 29.0. The monoisotopic (exact) mass is 322 g/mol. The van der Waals surface area contributed by atoms with Crippen molar-refractivity contribution in [2.45, 2.75) is 38.8 Å². The Bertz CT molecular complexity index is 555. The fourth-order valence-corrected chi connectivity index (χ4v) is 2.36. The standard InChI is InChI=1S/C16H22N2O5/c1-11(2)18(7-4-15(19)20)16(21)12-3-6-17-14(9-12)23-13-5-8-22-10-13/h3,6,9,11,13H,4-5,7-8,10H2,1-2H3,(H,19,20). The van der Waals surface area contributed by atoms with Gasteiger partial charge in [0.05, 0.1) is 19.6 Å². The fraction of sp³-hybridized carbons (Fsp3) is 0.562. The molecule has 7 nitrogen and oxygen atoms in total. The molecule has 1 atom stereocenters. The number of nitrogens with zero attached hydrogens (tertiary/aromatic N) is 2. The predicted molar refractivity (Wildman–Crippen MR) is 82.5 cm³/mol. The average Bonchev–Trinajstić information content (AvgIpc) is 2.99. The molecule has 1 aliphatic heterocycles. The normalized spacial score (nSPS) is 17.3. The van der Waals surface area contributed by atoms with Crippen LogP contribution in [0.25, 0.3) is 0 Å². The largest absolute Gasteiger partial charge is 0.481 e. The highest BCUT2D eigenvalue weighted by atomic mass is 16.5. The average molecular weight is 322 g/mol. The zero-order chi connectivity index (χ0) is 16.8. The second kappa shape index (κ2) is 7.92. The van der Waals surface area contributed by atoms with Crippen molar-refractivity contribution in [2.75, 3.05) is 19.8 Å². The summed E-state index contributed by atoms with van der Waals surface area (Å²) < 4.78 is 11.0. The number of rotatable bonds is 7. The second-order valence-corrected chi connectivity index (χ2v) is 5.72. The molecule has 23 heavy (non-hydrogen) atoms. The molecule has 0 radical (unpaired) electrons. The first-order valence-corrected chi connectivity index (χ1v) is 7.70. The molecule has 1 aromatic heterocycles. The van der Waals surface area contributed by atoms with Gasteiger partial charge in [-0.3, -0.25) is 9.59 Å². The summed E-state index contributed by atoms with van der Waals surface area (Å²) in [5.74, 6) is -0.770. The van der Waals surface area contributed by atoms with Crippen LogP contribution < -0.4 is 4.74 Å². The van der Waals surface area contributed by atoms with Gasteiger partial charge in [0.2, 0.25) is 5.88 Å². The molecule has 0 bridgehead atoms. The maximum absolute atomic E-state index is 12.6.